The van der Waals surface area contributed by atoms with E-state index in [4.69, 9.17) is 9.47 Å². The molecule has 8 heteroatoms. The number of carbonyl (C=O) groups is 1. The van der Waals surface area contributed by atoms with Gasteiger partial charge in [-0.05, 0) is 25.5 Å². The topological polar surface area (TPSA) is 85.3 Å². The maximum absolute atomic E-state index is 13.2. The second-order valence-electron chi connectivity index (χ2n) is 7.59. The molecule has 1 amide bonds. The molecule has 2 aliphatic rings. The third-order valence-corrected chi connectivity index (χ3v) is 5.89. The molecule has 0 radical (unpaired) electrons. The van der Waals surface area contributed by atoms with E-state index >= 15 is 0 Å². The van der Waals surface area contributed by atoms with Gasteiger partial charge >= 0.3 is 0 Å². The molecule has 146 valence electrons. The fourth-order valence-electron chi connectivity index (χ4n) is 4.14. The van der Waals surface area contributed by atoms with Crippen molar-refractivity contribution in [1.82, 2.24) is 24.6 Å². The zero-order valence-corrected chi connectivity index (χ0v) is 16.0. The summed E-state index contributed by atoms with van der Waals surface area (Å²) in [5.41, 5.74) is 3.88. The summed E-state index contributed by atoms with van der Waals surface area (Å²) in [6, 6.07) is 5.89. The highest BCUT2D eigenvalue weighted by Gasteiger charge is 2.40. The van der Waals surface area contributed by atoms with Gasteiger partial charge in [-0.2, -0.15) is 5.10 Å². The molecule has 0 unspecified atom stereocenters. The summed E-state index contributed by atoms with van der Waals surface area (Å²) in [7, 11) is 0. The molecule has 2 aliphatic heterocycles. The van der Waals surface area contributed by atoms with E-state index in [1.165, 1.54) is 11.9 Å². The van der Waals surface area contributed by atoms with Gasteiger partial charge in [-0.3, -0.25) is 4.79 Å². The molecule has 2 fully saturated rings. The number of aryl methyl sites for hydroxylation is 2. The number of carbonyl (C=O) groups excluding carboxylic acids is 1. The Morgan fingerprint density at radius 1 is 1.18 bits per heavy atom. The number of H-pyrrole nitrogens is 1. The quantitative estimate of drug-likeness (QED) is 0.732. The molecule has 1 N–H and O–H groups in total. The second-order valence-corrected chi connectivity index (χ2v) is 7.59. The van der Waals surface area contributed by atoms with Crippen LogP contribution in [0.4, 0.5) is 0 Å². The van der Waals surface area contributed by atoms with Crippen molar-refractivity contribution in [1.29, 1.82) is 0 Å². The summed E-state index contributed by atoms with van der Waals surface area (Å²) in [6.45, 7) is 6.16. The molecular weight excluding hydrogens is 358 g/mol. The van der Waals surface area contributed by atoms with Crippen LogP contribution in [0.2, 0.25) is 0 Å². The van der Waals surface area contributed by atoms with Crippen molar-refractivity contribution in [2.24, 2.45) is 0 Å². The first kappa shape index (κ1) is 17.4. The molecule has 4 heterocycles. The molecule has 1 aromatic carbocycles. The van der Waals surface area contributed by atoms with Crippen LogP contribution in [0.15, 0.2) is 30.9 Å². The average Bonchev–Trinajstić information content (AvgIpc) is 3.40. The summed E-state index contributed by atoms with van der Waals surface area (Å²) < 4.78 is 13.9. The lowest BCUT2D eigenvalue weighted by Crippen LogP contribution is -2.31. The van der Waals surface area contributed by atoms with Crippen LogP contribution in [0.3, 0.4) is 0 Å². The first-order valence-electron chi connectivity index (χ1n) is 9.56. The Morgan fingerprint density at radius 3 is 2.61 bits per heavy atom. The molecule has 0 saturated carbocycles. The van der Waals surface area contributed by atoms with Crippen molar-refractivity contribution in [3.8, 4) is 0 Å². The zero-order chi connectivity index (χ0) is 19.3. The van der Waals surface area contributed by atoms with Crippen molar-refractivity contribution in [2.45, 2.75) is 32.1 Å². The lowest BCUT2D eigenvalue weighted by atomic mass is 10.1. The molecule has 0 aliphatic carbocycles. The highest BCUT2D eigenvalue weighted by Crippen LogP contribution is 2.28. The van der Waals surface area contributed by atoms with Gasteiger partial charge in [0.25, 0.3) is 5.91 Å². The number of ether oxygens (including phenoxy) is 2. The van der Waals surface area contributed by atoms with Crippen LogP contribution in [0.5, 0.6) is 0 Å². The van der Waals surface area contributed by atoms with Gasteiger partial charge in [-0.1, -0.05) is 12.1 Å². The van der Waals surface area contributed by atoms with E-state index in [1.54, 1.807) is 11.0 Å². The van der Waals surface area contributed by atoms with Gasteiger partial charge in [0, 0.05) is 24.2 Å². The average molecular weight is 381 g/mol. The van der Waals surface area contributed by atoms with Crippen LogP contribution in [-0.4, -0.2) is 69.1 Å². The monoisotopic (exact) mass is 381 g/mol. The molecule has 28 heavy (non-hydrogen) atoms. The van der Waals surface area contributed by atoms with E-state index in [0.717, 1.165) is 16.6 Å². The lowest BCUT2D eigenvalue weighted by Gasteiger charge is -2.19. The lowest BCUT2D eigenvalue weighted by molar-refractivity contribution is -0.00461. The first-order valence-corrected chi connectivity index (χ1v) is 9.56. The van der Waals surface area contributed by atoms with Crippen LogP contribution in [0.1, 0.15) is 27.7 Å². The van der Waals surface area contributed by atoms with Crippen molar-refractivity contribution in [3.63, 3.8) is 0 Å². The van der Waals surface area contributed by atoms with Crippen LogP contribution < -0.4 is 0 Å². The van der Waals surface area contributed by atoms with Crippen molar-refractivity contribution < 1.29 is 14.3 Å². The molecular formula is C20H23N5O3. The van der Waals surface area contributed by atoms with E-state index < -0.39 is 0 Å². The third kappa shape index (κ3) is 2.80. The number of hydrogen-bond donors (Lipinski definition) is 1. The number of aromatic nitrogens is 4. The molecule has 0 bridgehead atoms. The van der Waals surface area contributed by atoms with E-state index in [1.807, 2.05) is 24.0 Å². The SMILES string of the molecule is Cc1[nH]c2c(C(=O)N3C[C@@H]4OCC(n5cncn5)CO[C@H]4C3)cccc2c1C. The Kier molecular flexibility index (Phi) is 4.17. The smallest absolute Gasteiger partial charge is 0.256 e. The number of rotatable bonds is 2. The van der Waals surface area contributed by atoms with E-state index in [9.17, 15) is 4.79 Å². The van der Waals surface area contributed by atoms with Crippen molar-refractivity contribution >= 4 is 16.8 Å². The van der Waals surface area contributed by atoms with Gasteiger partial charge in [-0.15, -0.1) is 0 Å². The largest absolute Gasteiger partial charge is 0.371 e. The molecule has 8 nitrogen and oxygen atoms in total. The van der Waals surface area contributed by atoms with Gasteiger partial charge in [0.1, 0.15) is 30.9 Å². The third-order valence-electron chi connectivity index (χ3n) is 5.89. The number of fused-ring (bicyclic) bond motifs is 2. The highest BCUT2D eigenvalue weighted by molar-refractivity contribution is 6.06. The summed E-state index contributed by atoms with van der Waals surface area (Å²) in [5, 5.41) is 5.27. The number of aromatic amines is 1. The summed E-state index contributed by atoms with van der Waals surface area (Å²) >= 11 is 0. The fraction of sp³-hybridized carbons (Fsp3) is 0.450. The normalized spacial score (nSPS) is 23.1. The zero-order valence-electron chi connectivity index (χ0n) is 16.0. The van der Waals surface area contributed by atoms with Gasteiger partial charge in [0.15, 0.2) is 0 Å². The molecule has 2 atom stereocenters. The van der Waals surface area contributed by atoms with Gasteiger partial charge in [-0.25, -0.2) is 9.67 Å². The van der Waals surface area contributed by atoms with E-state index in [2.05, 4.69) is 28.1 Å². The Balaban J connectivity index is 1.33. The predicted molar refractivity (Wildman–Crippen MR) is 102 cm³/mol. The minimum absolute atomic E-state index is 0.0101. The summed E-state index contributed by atoms with van der Waals surface area (Å²) in [5.74, 6) is 0.0138. The fourth-order valence-corrected chi connectivity index (χ4v) is 4.14. The number of benzene rings is 1. The molecule has 2 saturated heterocycles. The van der Waals surface area contributed by atoms with Crippen LogP contribution in [0, 0.1) is 13.8 Å². The first-order chi connectivity index (χ1) is 13.6. The Morgan fingerprint density at radius 2 is 1.93 bits per heavy atom. The van der Waals surface area contributed by atoms with Gasteiger partial charge < -0.3 is 19.4 Å². The molecule has 5 rings (SSSR count). The highest BCUT2D eigenvalue weighted by atomic mass is 16.6. The Hall–Kier alpha value is -2.71. The second kappa shape index (κ2) is 6.72. The predicted octanol–water partition coefficient (Wildman–Crippen LogP) is 1.86. The van der Waals surface area contributed by atoms with Crippen LogP contribution in [-0.2, 0) is 9.47 Å². The summed E-state index contributed by atoms with van der Waals surface area (Å²) in [4.78, 5) is 22.4. The molecule has 2 aromatic heterocycles. The van der Waals surface area contributed by atoms with E-state index in [0.29, 0.717) is 31.9 Å². The molecule has 0 spiro atoms. The van der Waals surface area contributed by atoms with Gasteiger partial charge in [0.2, 0.25) is 0 Å². The summed E-state index contributed by atoms with van der Waals surface area (Å²) in [6.07, 6.45) is 2.94. The van der Waals surface area contributed by atoms with Gasteiger partial charge in [0.05, 0.1) is 24.3 Å². The number of hydrogen-bond acceptors (Lipinski definition) is 5. The molecule has 3 aromatic rings. The number of nitrogens with one attached hydrogen (secondary N) is 1. The number of para-hydroxylation sites is 1. The Bertz CT molecular complexity index is 996. The number of amides is 1. The maximum atomic E-state index is 13.2. The standard InChI is InChI=1S/C20H23N5O3/c1-12-13(2)23-19-15(12)4-3-5-16(19)20(26)24-6-17-18(7-24)28-9-14(8-27-17)25-11-21-10-22-25/h3-5,10-11,14,17-18,23H,6-9H2,1-2H3/t17-,18-/m0/s1. The Labute approximate surface area is 162 Å². The number of likely N-dealkylation sites (tertiary alicyclic amines) is 1. The van der Waals surface area contributed by atoms with E-state index in [-0.39, 0.29) is 24.2 Å². The maximum Gasteiger partial charge on any atom is 0.256 e. The van der Waals surface area contributed by atoms with Crippen molar-refractivity contribution in [2.75, 3.05) is 26.3 Å². The van der Waals surface area contributed by atoms with Crippen molar-refractivity contribution in [3.05, 3.63) is 47.7 Å². The minimum atomic E-state index is -0.121. The van der Waals surface area contributed by atoms with Crippen LogP contribution >= 0.6 is 0 Å². The minimum Gasteiger partial charge on any atom is -0.371 e. The van der Waals surface area contributed by atoms with Crippen LogP contribution in [0.25, 0.3) is 10.9 Å². The number of nitrogens with zero attached hydrogens (tertiary/aromatic N) is 4.